The van der Waals surface area contributed by atoms with Gasteiger partial charge in [-0.2, -0.15) is 0 Å². The van der Waals surface area contributed by atoms with E-state index >= 15 is 4.39 Å². The number of ether oxygens (including phenoxy) is 2. The van der Waals surface area contributed by atoms with Crippen molar-refractivity contribution in [3.05, 3.63) is 41.2 Å². The number of aromatic amines is 1. The van der Waals surface area contributed by atoms with Crippen molar-refractivity contribution in [2.45, 2.75) is 25.8 Å². The first-order valence-corrected chi connectivity index (χ1v) is 13.6. The molecule has 36 heavy (non-hydrogen) atoms. The number of anilines is 1. The molecule has 0 bridgehead atoms. The van der Waals surface area contributed by atoms with Crippen LogP contribution in [0.15, 0.2) is 30.5 Å². The van der Waals surface area contributed by atoms with E-state index in [2.05, 4.69) is 20.9 Å². The van der Waals surface area contributed by atoms with Gasteiger partial charge in [-0.1, -0.05) is 0 Å². The molecule has 0 radical (unpaired) electrons. The highest BCUT2D eigenvalue weighted by molar-refractivity contribution is 7.19. The number of nitrogens with one attached hydrogen (secondary N) is 1. The molecule has 6 rings (SSSR count). The number of nitrogens with zero attached hydrogens (tertiary/aromatic N) is 4. The number of hydrogen-bond donors (Lipinski definition) is 1. The number of morpholine rings is 1. The fraction of sp³-hybridized carbons (Fsp3) is 0.481. The summed E-state index contributed by atoms with van der Waals surface area (Å²) in [6.45, 7) is 6.85. The highest BCUT2D eigenvalue weighted by Gasteiger charge is 2.24. The molecule has 0 spiro atoms. The van der Waals surface area contributed by atoms with E-state index in [1.807, 2.05) is 12.3 Å². The van der Waals surface area contributed by atoms with Crippen molar-refractivity contribution < 1.29 is 13.9 Å². The Morgan fingerprint density at radius 3 is 2.78 bits per heavy atom. The SMILES string of the molecule is COCCC1CCN(Cc2cc3nc(-c4c(F)ccc5[nH]ccc45)nc(N4CCOCC4)c3s2)CC1. The monoisotopic (exact) mass is 509 g/mol. The number of methoxy groups -OCH3 is 1. The largest absolute Gasteiger partial charge is 0.385 e. The number of benzene rings is 1. The first-order chi connectivity index (χ1) is 17.7. The lowest BCUT2D eigenvalue weighted by molar-refractivity contribution is 0.122. The fourth-order valence-electron chi connectivity index (χ4n) is 5.42. The molecule has 2 aliphatic rings. The van der Waals surface area contributed by atoms with E-state index in [-0.39, 0.29) is 5.82 Å². The number of H-pyrrole nitrogens is 1. The van der Waals surface area contributed by atoms with Gasteiger partial charge < -0.3 is 19.4 Å². The molecule has 0 saturated carbocycles. The Morgan fingerprint density at radius 1 is 1.14 bits per heavy atom. The molecule has 0 unspecified atom stereocenters. The summed E-state index contributed by atoms with van der Waals surface area (Å²) in [5, 5.41) is 0.800. The molecule has 0 atom stereocenters. The minimum Gasteiger partial charge on any atom is -0.385 e. The molecule has 1 N–H and O–H groups in total. The van der Waals surface area contributed by atoms with Crippen molar-refractivity contribution in [1.82, 2.24) is 19.9 Å². The Hall–Kier alpha value is -2.59. The van der Waals surface area contributed by atoms with Gasteiger partial charge >= 0.3 is 0 Å². The molecule has 0 aliphatic carbocycles. The van der Waals surface area contributed by atoms with Gasteiger partial charge in [0.2, 0.25) is 0 Å². The van der Waals surface area contributed by atoms with E-state index in [0.29, 0.717) is 24.6 Å². The van der Waals surface area contributed by atoms with Gasteiger partial charge in [0, 0.05) is 55.3 Å². The van der Waals surface area contributed by atoms with Crippen molar-refractivity contribution in [1.29, 1.82) is 0 Å². The van der Waals surface area contributed by atoms with Crippen LogP contribution in [0.25, 0.3) is 32.5 Å². The Labute approximate surface area is 214 Å². The maximum Gasteiger partial charge on any atom is 0.165 e. The maximum absolute atomic E-state index is 15.1. The molecule has 9 heteroatoms. The second kappa shape index (κ2) is 10.4. The summed E-state index contributed by atoms with van der Waals surface area (Å²) in [6.07, 6.45) is 5.42. The molecule has 2 aliphatic heterocycles. The van der Waals surface area contributed by atoms with Crippen LogP contribution in [0.3, 0.4) is 0 Å². The molecule has 190 valence electrons. The third kappa shape index (κ3) is 4.72. The number of fused-ring (bicyclic) bond motifs is 2. The van der Waals surface area contributed by atoms with Crippen LogP contribution in [0.5, 0.6) is 0 Å². The van der Waals surface area contributed by atoms with Crippen LogP contribution in [-0.2, 0) is 16.0 Å². The van der Waals surface area contributed by atoms with Crippen molar-refractivity contribution in [2.24, 2.45) is 5.92 Å². The fourth-order valence-corrected chi connectivity index (χ4v) is 6.57. The Morgan fingerprint density at radius 2 is 1.97 bits per heavy atom. The predicted octanol–water partition coefficient (Wildman–Crippen LogP) is 5.06. The molecule has 4 aromatic rings. The number of halogens is 1. The van der Waals surface area contributed by atoms with Crippen molar-refractivity contribution in [2.75, 3.05) is 58.0 Å². The summed E-state index contributed by atoms with van der Waals surface area (Å²) in [4.78, 5) is 19.1. The predicted molar refractivity (Wildman–Crippen MR) is 142 cm³/mol. The zero-order valence-electron chi connectivity index (χ0n) is 20.6. The van der Waals surface area contributed by atoms with E-state index in [0.717, 1.165) is 78.6 Å². The zero-order chi connectivity index (χ0) is 24.5. The third-order valence-electron chi connectivity index (χ3n) is 7.44. The molecule has 0 amide bonds. The molecule has 7 nitrogen and oxygen atoms in total. The lowest BCUT2D eigenvalue weighted by Gasteiger charge is -2.31. The molecular weight excluding hydrogens is 477 g/mol. The highest BCUT2D eigenvalue weighted by Crippen LogP contribution is 2.37. The molecular formula is C27H32FN5O2S. The lowest BCUT2D eigenvalue weighted by Crippen LogP contribution is -2.36. The number of piperidine rings is 1. The zero-order valence-corrected chi connectivity index (χ0v) is 21.5. The van der Waals surface area contributed by atoms with Crippen LogP contribution < -0.4 is 4.90 Å². The first-order valence-electron chi connectivity index (χ1n) is 12.8. The lowest BCUT2D eigenvalue weighted by atomic mass is 9.94. The van der Waals surface area contributed by atoms with Gasteiger partial charge in [0.15, 0.2) is 11.6 Å². The summed E-state index contributed by atoms with van der Waals surface area (Å²) < 4.78 is 27.1. The number of likely N-dealkylation sites (tertiary alicyclic amines) is 1. The van der Waals surface area contributed by atoms with Crippen LogP contribution >= 0.6 is 11.3 Å². The van der Waals surface area contributed by atoms with Gasteiger partial charge in [-0.25, -0.2) is 14.4 Å². The number of thiophene rings is 1. The first kappa shape index (κ1) is 23.8. The summed E-state index contributed by atoms with van der Waals surface area (Å²) in [5.74, 6) is 1.78. The summed E-state index contributed by atoms with van der Waals surface area (Å²) in [7, 11) is 1.78. The van der Waals surface area contributed by atoms with Crippen LogP contribution in [0.4, 0.5) is 10.2 Å². The van der Waals surface area contributed by atoms with Gasteiger partial charge in [-0.05, 0) is 62.5 Å². The highest BCUT2D eigenvalue weighted by atomic mass is 32.1. The molecule has 2 fully saturated rings. The minimum atomic E-state index is -0.304. The quantitative estimate of drug-likeness (QED) is 0.376. The average Bonchev–Trinajstić information content (AvgIpc) is 3.55. The molecule has 3 aromatic heterocycles. The molecule has 5 heterocycles. The van der Waals surface area contributed by atoms with Crippen molar-refractivity contribution in [3.8, 4) is 11.4 Å². The standard InChI is InChI=1S/C27H32FN5O2S/c1-34-13-7-18-5-9-32(10-6-18)17-19-16-23-25(36-19)27(33-11-14-35-15-12-33)31-26(30-23)24-20-4-8-29-22(20)3-2-21(24)28/h2-4,8,16,18,29H,5-7,9-15,17H2,1H3. The van der Waals surface area contributed by atoms with Gasteiger partial charge in [-0.3, -0.25) is 4.90 Å². The summed E-state index contributed by atoms with van der Waals surface area (Å²) >= 11 is 1.77. The number of hydrogen-bond acceptors (Lipinski definition) is 7. The smallest absolute Gasteiger partial charge is 0.165 e. The number of aromatic nitrogens is 3. The van der Waals surface area contributed by atoms with Gasteiger partial charge in [0.05, 0.1) is 29.0 Å². The second-order valence-electron chi connectivity index (χ2n) is 9.76. The summed E-state index contributed by atoms with van der Waals surface area (Å²) in [6, 6.07) is 7.33. The van der Waals surface area contributed by atoms with Crippen molar-refractivity contribution in [3.63, 3.8) is 0 Å². The number of rotatable bonds is 7. The van der Waals surface area contributed by atoms with E-state index in [1.165, 1.54) is 23.8 Å². The van der Waals surface area contributed by atoms with Crippen molar-refractivity contribution >= 4 is 38.3 Å². The molecule has 2 saturated heterocycles. The van der Waals surface area contributed by atoms with E-state index < -0.39 is 0 Å². The average molecular weight is 510 g/mol. The van der Waals surface area contributed by atoms with Crippen LogP contribution in [-0.4, -0.2) is 73.0 Å². The Bertz CT molecular complexity index is 1340. The second-order valence-corrected chi connectivity index (χ2v) is 10.9. The van der Waals surface area contributed by atoms with Gasteiger partial charge in [0.25, 0.3) is 0 Å². The van der Waals surface area contributed by atoms with E-state index in [1.54, 1.807) is 24.5 Å². The van der Waals surface area contributed by atoms with E-state index in [9.17, 15) is 0 Å². The normalized spacial score (nSPS) is 18.0. The van der Waals surface area contributed by atoms with Gasteiger partial charge in [-0.15, -0.1) is 11.3 Å². The van der Waals surface area contributed by atoms with Crippen LogP contribution in [0.2, 0.25) is 0 Å². The Kier molecular flexibility index (Phi) is 6.88. The topological polar surface area (TPSA) is 66.5 Å². The third-order valence-corrected chi connectivity index (χ3v) is 8.54. The molecule has 1 aromatic carbocycles. The van der Waals surface area contributed by atoms with E-state index in [4.69, 9.17) is 19.4 Å². The van der Waals surface area contributed by atoms with Crippen LogP contribution in [0, 0.1) is 11.7 Å². The summed E-state index contributed by atoms with van der Waals surface area (Å²) in [5.41, 5.74) is 2.22. The maximum atomic E-state index is 15.1. The van der Waals surface area contributed by atoms with Gasteiger partial charge in [0.1, 0.15) is 5.82 Å². The minimum absolute atomic E-state index is 0.304. The Balaban J connectivity index is 1.34. The van der Waals surface area contributed by atoms with Crippen LogP contribution in [0.1, 0.15) is 24.1 Å².